The molecule has 0 atom stereocenters. The fraction of sp³-hybridized carbons (Fsp3) is 0.318. The number of hydrogen-bond acceptors (Lipinski definition) is 3. The Kier molecular flexibility index (Phi) is 6.07. The molecule has 0 amide bonds. The predicted octanol–water partition coefficient (Wildman–Crippen LogP) is 5.59. The molecule has 4 nitrogen and oxygen atoms in total. The fourth-order valence-corrected chi connectivity index (χ4v) is 3.01. The number of halogens is 1. The Labute approximate surface area is 164 Å². The van der Waals surface area contributed by atoms with Gasteiger partial charge in [-0.15, -0.1) is 0 Å². The SMILES string of the molecule is CC(C)=C(C(=O)O)c1ccc(Cl)cc1COc1ccc(OCC2CC2)cc1. The van der Waals surface area contributed by atoms with Gasteiger partial charge >= 0.3 is 5.97 Å². The van der Waals surface area contributed by atoms with E-state index in [1.165, 1.54) is 12.8 Å². The van der Waals surface area contributed by atoms with Gasteiger partial charge in [-0.2, -0.15) is 0 Å². The second-order valence-corrected chi connectivity index (χ2v) is 7.43. The molecule has 0 aromatic heterocycles. The topological polar surface area (TPSA) is 55.8 Å². The van der Waals surface area contributed by atoms with Gasteiger partial charge in [-0.1, -0.05) is 23.2 Å². The summed E-state index contributed by atoms with van der Waals surface area (Å²) in [7, 11) is 0. The van der Waals surface area contributed by atoms with E-state index < -0.39 is 5.97 Å². The molecule has 0 unspecified atom stereocenters. The van der Waals surface area contributed by atoms with E-state index in [9.17, 15) is 9.90 Å². The number of ether oxygens (including phenoxy) is 2. The summed E-state index contributed by atoms with van der Waals surface area (Å²) in [6.45, 7) is 4.56. The molecule has 27 heavy (non-hydrogen) atoms. The minimum absolute atomic E-state index is 0.224. The summed E-state index contributed by atoms with van der Waals surface area (Å²) in [6.07, 6.45) is 2.51. The first-order valence-electron chi connectivity index (χ1n) is 8.99. The van der Waals surface area contributed by atoms with E-state index in [4.69, 9.17) is 21.1 Å². The highest BCUT2D eigenvalue weighted by Crippen LogP contribution is 2.30. The lowest BCUT2D eigenvalue weighted by Crippen LogP contribution is -2.07. The molecule has 0 spiro atoms. The number of rotatable bonds is 8. The minimum atomic E-state index is -0.962. The summed E-state index contributed by atoms with van der Waals surface area (Å²) in [5.41, 5.74) is 2.35. The van der Waals surface area contributed by atoms with E-state index in [1.807, 2.05) is 24.3 Å². The predicted molar refractivity (Wildman–Crippen MR) is 106 cm³/mol. The quantitative estimate of drug-likeness (QED) is 0.601. The van der Waals surface area contributed by atoms with Gasteiger partial charge in [-0.05, 0) is 80.1 Å². The minimum Gasteiger partial charge on any atom is -0.493 e. The van der Waals surface area contributed by atoms with Gasteiger partial charge in [0, 0.05) is 5.02 Å². The van der Waals surface area contributed by atoms with Gasteiger partial charge in [-0.25, -0.2) is 4.79 Å². The maximum absolute atomic E-state index is 11.7. The average Bonchev–Trinajstić information content (AvgIpc) is 3.44. The van der Waals surface area contributed by atoms with Gasteiger partial charge in [-0.3, -0.25) is 0 Å². The molecule has 0 saturated heterocycles. The van der Waals surface area contributed by atoms with Crippen molar-refractivity contribution >= 4 is 23.1 Å². The van der Waals surface area contributed by atoms with Crippen LogP contribution in [0.4, 0.5) is 0 Å². The molecule has 142 valence electrons. The van der Waals surface area contributed by atoms with Crippen molar-refractivity contribution in [2.45, 2.75) is 33.3 Å². The van der Waals surface area contributed by atoms with Crippen molar-refractivity contribution in [1.82, 2.24) is 0 Å². The summed E-state index contributed by atoms with van der Waals surface area (Å²) in [6, 6.07) is 12.6. The van der Waals surface area contributed by atoms with Crippen LogP contribution in [-0.2, 0) is 11.4 Å². The molecule has 0 heterocycles. The molecule has 0 aliphatic heterocycles. The van der Waals surface area contributed by atoms with Gasteiger partial charge in [0.05, 0.1) is 12.2 Å². The lowest BCUT2D eigenvalue weighted by molar-refractivity contribution is -0.130. The third-order valence-corrected chi connectivity index (χ3v) is 4.69. The Morgan fingerprint density at radius 3 is 2.26 bits per heavy atom. The molecule has 0 radical (unpaired) electrons. The van der Waals surface area contributed by atoms with E-state index in [1.54, 1.807) is 32.0 Å². The van der Waals surface area contributed by atoms with Crippen LogP contribution in [-0.4, -0.2) is 17.7 Å². The van der Waals surface area contributed by atoms with E-state index in [0.29, 0.717) is 22.3 Å². The molecule has 1 fully saturated rings. The van der Waals surface area contributed by atoms with Crippen molar-refractivity contribution in [2.75, 3.05) is 6.61 Å². The van der Waals surface area contributed by atoms with Crippen LogP contribution in [0.3, 0.4) is 0 Å². The molecule has 2 aromatic carbocycles. The fourth-order valence-electron chi connectivity index (χ4n) is 2.82. The lowest BCUT2D eigenvalue weighted by Gasteiger charge is -2.14. The molecule has 0 bridgehead atoms. The second-order valence-electron chi connectivity index (χ2n) is 7.00. The summed E-state index contributed by atoms with van der Waals surface area (Å²) in [4.78, 5) is 11.7. The second kappa shape index (κ2) is 8.49. The first-order chi connectivity index (χ1) is 12.9. The summed E-state index contributed by atoms with van der Waals surface area (Å²) < 4.78 is 11.6. The third kappa shape index (κ3) is 5.27. The van der Waals surface area contributed by atoms with Crippen LogP contribution in [0.25, 0.3) is 5.57 Å². The number of carbonyl (C=O) groups is 1. The monoisotopic (exact) mass is 386 g/mol. The third-order valence-electron chi connectivity index (χ3n) is 4.45. The number of carboxylic acids is 1. The Morgan fingerprint density at radius 1 is 1.07 bits per heavy atom. The zero-order valence-corrected chi connectivity index (χ0v) is 16.3. The molecule has 1 aliphatic rings. The number of allylic oxidation sites excluding steroid dienone is 1. The van der Waals surface area contributed by atoms with Gasteiger partial charge in [0.15, 0.2) is 0 Å². The normalized spacial score (nSPS) is 13.1. The molecule has 1 aliphatic carbocycles. The number of aliphatic carboxylic acids is 1. The summed E-state index contributed by atoms with van der Waals surface area (Å²) in [5, 5.41) is 10.1. The largest absolute Gasteiger partial charge is 0.493 e. The van der Waals surface area contributed by atoms with Gasteiger partial charge in [0.25, 0.3) is 0 Å². The first-order valence-corrected chi connectivity index (χ1v) is 9.37. The number of carboxylic acid groups (broad SMARTS) is 1. The van der Waals surface area contributed by atoms with Crippen LogP contribution in [0.5, 0.6) is 11.5 Å². The number of benzene rings is 2. The Hall–Kier alpha value is -2.46. The molecule has 3 rings (SSSR count). The molecule has 2 aromatic rings. The van der Waals surface area contributed by atoms with Crippen LogP contribution in [0.2, 0.25) is 5.02 Å². The maximum Gasteiger partial charge on any atom is 0.336 e. The smallest absolute Gasteiger partial charge is 0.336 e. The van der Waals surface area contributed by atoms with Crippen LogP contribution in [0.15, 0.2) is 48.0 Å². The zero-order valence-electron chi connectivity index (χ0n) is 15.5. The van der Waals surface area contributed by atoms with Gasteiger partial charge in [0.1, 0.15) is 18.1 Å². The van der Waals surface area contributed by atoms with E-state index in [2.05, 4.69) is 0 Å². The van der Waals surface area contributed by atoms with Gasteiger partial charge < -0.3 is 14.6 Å². The Morgan fingerprint density at radius 2 is 1.70 bits per heavy atom. The molecule has 5 heteroatoms. The highest BCUT2D eigenvalue weighted by atomic mass is 35.5. The maximum atomic E-state index is 11.7. The molecule has 1 N–H and O–H groups in total. The van der Waals surface area contributed by atoms with Gasteiger partial charge in [0.2, 0.25) is 0 Å². The standard InChI is InChI=1S/C22H23ClO4/c1-14(2)21(22(24)25)20-10-5-17(23)11-16(20)13-27-19-8-6-18(7-9-19)26-12-15-3-4-15/h5-11,15H,3-4,12-13H2,1-2H3,(H,24,25). The lowest BCUT2D eigenvalue weighted by atomic mass is 9.97. The highest BCUT2D eigenvalue weighted by molar-refractivity contribution is 6.30. The van der Waals surface area contributed by atoms with Crippen molar-refractivity contribution in [3.63, 3.8) is 0 Å². The number of hydrogen-bond donors (Lipinski definition) is 1. The van der Waals surface area contributed by atoms with Crippen molar-refractivity contribution < 1.29 is 19.4 Å². The average molecular weight is 387 g/mol. The van der Waals surface area contributed by atoms with Crippen LogP contribution < -0.4 is 9.47 Å². The molecular formula is C22H23ClO4. The summed E-state index contributed by atoms with van der Waals surface area (Å²) >= 11 is 6.11. The van der Waals surface area contributed by atoms with Crippen molar-refractivity contribution in [1.29, 1.82) is 0 Å². The van der Waals surface area contributed by atoms with Crippen LogP contribution >= 0.6 is 11.6 Å². The van der Waals surface area contributed by atoms with Crippen LogP contribution in [0.1, 0.15) is 37.8 Å². The van der Waals surface area contributed by atoms with Crippen molar-refractivity contribution in [2.24, 2.45) is 5.92 Å². The summed E-state index contributed by atoms with van der Waals surface area (Å²) in [5.74, 6) is 1.26. The van der Waals surface area contributed by atoms with E-state index >= 15 is 0 Å². The van der Waals surface area contributed by atoms with Crippen molar-refractivity contribution in [3.05, 3.63) is 64.2 Å². The van der Waals surface area contributed by atoms with Crippen molar-refractivity contribution in [3.8, 4) is 11.5 Å². The first kappa shape index (κ1) is 19.3. The Bertz CT molecular complexity index is 847. The molecule has 1 saturated carbocycles. The van der Waals surface area contributed by atoms with E-state index in [0.717, 1.165) is 23.5 Å². The Balaban J connectivity index is 1.72. The zero-order chi connectivity index (χ0) is 19.4. The molecular weight excluding hydrogens is 364 g/mol. The highest BCUT2D eigenvalue weighted by Gasteiger charge is 2.21. The van der Waals surface area contributed by atoms with Crippen LogP contribution in [0, 0.1) is 5.92 Å². The van der Waals surface area contributed by atoms with E-state index in [-0.39, 0.29) is 12.2 Å².